The van der Waals surface area contributed by atoms with Crippen LogP contribution in [-0.2, 0) is 11.3 Å². The summed E-state index contributed by atoms with van der Waals surface area (Å²) in [5.74, 6) is -0.350. The lowest BCUT2D eigenvalue weighted by atomic mass is 10.2. The Bertz CT molecular complexity index is 661. The fourth-order valence-electron chi connectivity index (χ4n) is 2.04. The van der Waals surface area contributed by atoms with Crippen LogP contribution in [0.2, 0.25) is 5.02 Å². The number of carbonyl (C=O) groups is 1. The zero-order chi connectivity index (χ0) is 16.7. The molecular formula is C17H18ClN3OS. The Morgan fingerprint density at radius 3 is 2.39 bits per heavy atom. The number of halogens is 1. The Morgan fingerprint density at radius 1 is 1.13 bits per heavy atom. The first-order valence-corrected chi connectivity index (χ1v) is 7.97. The molecule has 0 spiro atoms. The van der Waals surface area contributed by atoms with Crippen molar-refractivity contribution in [3.8, 4) is 0 Å². The number of anilines is 1. The van der Waals surface area contributed by atoms with Gasteiger partial charge >= 0.3 is 0 Å². The zero-order valence-corrected chi connectivity index (χ0v) is 14.1. The number of nitrogens with one attached hydrogen (secondary N) is 1. The number of amides is 1. The molecule has 2 aromatic rings. The summed E-state index contributed by atoms with van der Waals surface area (Å²) in [6, 6.07) is 17.2. The summed E-state index contributed by atoms with van der Waals surface area (Å²) in [6.45, 7) is 1.07. The Morgan fingerprint density at radius 2 is 1.78 bits per heavy atom. The number of nitrogens with two attached hydrogens (primary N) is 1. The Hall–Kier alpha value is -2.11. The van der Waals surface area contributed by atoms with Gasteiger partial charge in [0, 0.05) is 30.2 Å². The molecule has 0 aromatic heterocycles. The summed E-state index contributed by atoms with van der Waals surface area (Å²) in [7, 11) is 0. The molecule has 0 bridgehead atoms. The summed E-state index contributed by atoms with van der Waals surface area (Å²) >= 11 is 11.4. The van der Waals surface area contributed by atoms with Crippen LogP contribution in [0.4, 0.5) is 5.69 Å². The minimum atomic E-state index is -0.350. The van der Waals surface area contributed by atoms with Gasteiger partial charge in [-0.1, -0.05) is 41.9 Å². The SMILES string of the molecule is NC(=O)CCN(Cc1ccccc1)C(=S)Nc1ccc(Cl)cc1. The van der Waals surface area contributed by atoms with Crippen molar-refractivity contribution in [1.82, 2.24) is 4.90 Å². The highest BCUT2D eigenvalue weighted by Gasteiger charge is 2.12. The van der Waals surface area contributed by atoms with Gasteiger partial charge < -0.3 is 16.0 Å². The molecule has 0 aliphatic carbocycles. The van der Waals surface area contributed by atoms with Gasteiger partial charge in [0.25, 0.3) is 0 Å². The second-order valence-corrected chi connectivity index (χ2v) is 5.88. The van der Waals surface area contributed by atoms with Gasteiger partial charge in [-0.05, 0) is 42.0 Å². The molecule has 0 atom stereocenters. The second-order valence-electron chi connectivity index (χ2n) is 5.06. The molecule has 4 nitrogen and oxygen atoms in total. The smallest absolute Gasteiger partial charge is 0.219 e. The monoisotopic (exact) mass is 347 g/mol. The van der Waals surface area contributed by atoms with Crippen LogP contribution in [0.25, 0.3) is 0 Å². The van der Waals surface area contributed by atoms with Crippen molar-refractivity contribution in [2.75, 3.05) is 11.9 Å². The van der Waals surface area contributed by atoms with E-state index in [4.69, 9.17) is 29.6 Å². The van der Waals surface area contributed by atoms with Crippen molar-refractivity contribution in [1.29, 1.82) is 0 Å². The molecule has 0 unspecified atom stereocenters. The quantitative estimate of drug-likeness (QED) is 0.786. The molecule has 0 fully saturated rings. The van der Waals surface area contributed by atoms with Gasteiger partial charge in [0.1, 0.15) is 0 Å². The van der Waals surface area contributed by atoms with Crippen molar-refractivity contribution in [3.63, 3.8) is 0 Å². The summed E-state index contributed by atoms with van der Waals surface area (Å²) in [6.07, 6.45) is 0.245. The minimum Gasteiger partial charge on any atom is -0.370 e. The van der Waals surface area contributed by atoms with Crippen molar-refractivity contribution in [3.05, 3.63) is 65.2 Å². The average Bonchev–Trinajstić information content (AvgIpc) is 2.54. The molecule has 1 amide bonds. The predicted octanol–water partition coefficient (Wildman–Crippen LogP) is 3.41. The number of rotatable bonds is 6. The maximum atomic E-state index is 11.1. The first-order chi connectivity index (χ1) is 11.0. The van der Waals surface area contributed by atoms with Crippen LogP contribution < -0.4 is 11.1 Å². The van der Waals surface area contributed by atoms with Crippen molar-refractivity contribution < 1.29 is 4.79 Å². The highest BCUT2D eigenvalue weighted by molar-refractivity contribution is 7.80. The molecule has 0 radical (unpaired) electrons. The van der Waals surface area contributed by atoms with Crippen LogP contribution in [0.15, 0.2) is 54.6 Å². The second kappa shape index (κ2) is 8.50. The largest absolute Gasteiger partial charge is 0.370 e. The van der Waals surface area contributed by atoms with Crippen LogP contribution in [0, 0.1) is 0 Å². The van der Waals surface area contributed by atoms with E-state index in [1.54, 1.807) is 12.1 Å². The molecule has 0 aliphatic heterocycles. The number of hydrogen-bond donors (Lipinski definition) is 2. The fraction of sp³-hybridized carbons (Fsp3) is 0.176. The lowest BCUT2D eigenvalue weighted by Gasteiger charge is -2.25. The van der Waals surface area contributed by atoms with E-state index in [-0.39, 0.29) is 12.3 Å². The number of thiocarbonyl (C=S) groups is 1. The van der Waals surface area contributed by atoms with E-state index in [1.807, 2.05) is 47.4 Å². The molecule has 0 saturated heterocycles. The zero-order valence-electron chi connectivity index (χ0n) is 12.5. The van der Waals surface area contributed by atoms with Gasteiger partial charge in [0.15, 0.2) is 5.11 Å². The third-order valence-electron chi connectivity index (χ3n) is 3.23. The van der Waals surface area contributed by atoms with Crippen LogP contribution in [0.1, 0.15) is 12.0 Å². The minimum absolute atomic E-state index is 0.245. The molecule has 3 N–H and O–H groups in total. The lowest BCUT2D eigenvalue weighted by Crippen LogP contribution is -2.36. The van der Waals surface area contributed by atoms with E-state index < -0.39 is 0 Å². The highest BCUT2D eigenvalue weighted by Crippen LogP contribution is 2.15. The van der Waals surface area contributed by atoms with Crippen molar-refractivity contribution in [2.24, 2.45) is 5.73 Å². The van der Waals surface area contributed by atoms with E-state index in [1.165, 1.54) is 0 Å². The van der Waals surface area contributed by atoms with E-state index in [0.717, 1.165) is 11.3 Å². The molecule has 0 saturated carbocycles. The van der Waals surface area contributed by atoms with E-state index in [0.29, 0.717) is 23.2 Å². The molecule has 0 heterocycles. The number of carbonyl (C=O) groups excluding carboxylic acids is 1. The maximum Gasteiger partial charge on any atom is 0.219 e. The van der Waals surface area contributed by atoms with Crippen LogP contribution in [0.5, 0.6) is 0 Å². The summed E-state index contributed by atoms with van der Waals surface area (Å²) < 4.78 is 0. The summed E-state index contributed by atoms with van der Waals surface area (Å²) in [4.78, 5) is 13.0. The molecule has 23 heavy (non-hydrogen) atoms. The van der Waals surface area contributed by atoms with E-state index in [9.17, 15) is 4.79 Å². The van der Waals surface area contributed by atoms with Crippen LogP contribution in [0.3, 0.4) is 0 Å². The van der Waals surface area contributed by atoms with Gasteiger partial charge in [-0.25, -0.2) is 0 Å². The van der Waals surface area contributed by atoms with Gasteiger partial charge in [-0.15, -0.1) is 0 Å². The van der Waals surface area contributed by atoms with Crippen molar-refractivity contribution in [2.45, 2.75) is 13.0 Å². The van der Waals surface area contributed by atoms with Gasteiger partial charge in [-0.3, -0.25) is 4.79 Å². The van der Waals surface area contributed by atoms with Gasteiger partial charge in [0.2, 0.25) is 5.91 Å². The number of nitrogens with zero attached hydrogens (tertiary/aromatic N) is 1. The number of hydrogen-bond acceptors (Lipinski definition) is 2. The fourth-order valence-corrected chi connectivity index (χ4v) is 2.44. The Kier molecular flexibility index (Phi) is 6.38. The molecule has 2 rings (SSSR count). The molecule has 0 aliphatic rings. The molecule has 120 valence electrons. The van der Waals surface area contributed by atoms with Gasteiger partial charge in [0.05, 0.1) is 0 Å². The standard InChI is InChI=1S/C17H18ClN3OS/c18-14-6-8-15(9-7-14)20-17(23)21(11-10-16(19)22)12-13-4-2-1-3-5-13/h1-9H,10-12H2,(H2,19,22)(H,20,23). The predicted molar refractivity (Wildman–Crippen MR) is 98.3 cm³/mol. The number of benzene rings is 2. The average molecular weight is 348 g/mol. The van der Waals surface area contributed by atoms with Crippen molar-refractivity contribution >= 4 is 40.5 Å². The van der Waals surface area contributed by atoms with E-state index >= 15 is 0 Å². The van der Waals surface area contributed by atoms with Crippen LogP contribution in [-0.4, -0.2) is 22.5 Å². The maximum absolute atomic E-state index is 11.1. The van der Waals surface area contributed by atoms with Crippen LogP contribution >= 0.6 is 23.8 Å². The van der Waals surface area contributed by atoms with E-state index in [2.05, 4.69) is 5.32 Å². The molecular weight excluding hydrogens is 330 g/mol. The number of primary amides is 1. The molecule has 2 aromatic carbocycles. The Balaban J connectivity index is 2.06. The Labute approximate surface area is 146 Å². The lowest BCUT2D eigenvalue weighted by molar-refractivity contribution is -0.118. The molecule has 6 heteroatoms. The first-order valence-electron chi connectivity index (χ1n) is 7.18. The third kappa shape index (κ3) is 5.88. The normalized spacial score (nSPS) is 10.1. The summed E-state index contributed by atoms with van der Waals surface area (Å²) in [5, 5.41) is 4.36. The van der Waals surface area contributed by atoms with Gasteiger partial charge in [-0.2, -0.15) is 0 Å². The third-order valence-corrected chi connectivity index (χ3v) is 3.84. The highest BCUT2D eigenvalue weighted by atomic mass is 35.5. The topological polar surface area (TPSA) is 58.4 Å². The summed E-state index contributed by atoms with van der Waals surface area (Å²) in [5.41, 5.74) is 7.21. The first kappa shape index (κ1) is 17.2.